The van der Waals surface area contributed by atoms with Crippen LogP contribution in [-0.2, 0) is 23.0 Å². The number of nitrogens with zero attached hydrogens (tertiary/aromatic N) is 3. The molecular weight excluding hydrogens is 268 g/mol. The Balaban J connectivity index is 2.19. The third-order valence-electron chi connectivity index (χ3n) is 2.69. The highest BCUT2D eigenvalue weighted by molar-refractivity contribution is 7.89. The zero-order valence-corrected chi connectivity index (χ0v) is 11.9. The summed E-state index contributed by atoms with van der Waals surface area (Å²) in [4.78, 5) is 6.79. The summed E-state index contributed by atoms with van der Waals surface area (Å²) in [5.74, 6) is 1.29. The summed E-state index contributed by atoms with van der Waals surface area (Å²) in [6.07, 6.45) is 1.99. The van der Waals surface area contributed by atoms with E-state index in [9.17, 15) is 8.42 Å². The summed E-state index contributed by atoms with van der Waals surface area (Å²) in [6, 6.07) is 1.70. The average molecular weight is 284 g/mol. The van der Waals surface area contributed by atoms with Gasteiger partial charge < -0.3 is 9.51 Å². The van der Waals surface area contributed by atoms with Crippen LogP contribution in [0.15, 0.2) is 21.8 Å². The summed E-state index contributed by atoms with van der Waals surface area (Å²) in [6.45, 7) is 3.81. The molecule has 0 unspecified atom stereocenters. The van der Waals surface area contributed by atoms with Crippen molar-refractivity contribution in [1.82, 2.24) is 19.4 Å². The number of sulfonamides is 1. The van der Waals surface area contributed by atoms with Gasteiger partial charge in [0.25, 0.3) is 10.0 Å². The lowest BCUT2D eigenvalue weighted by molar-refractivity contribution is 0.378. The van der Waals surface area contributed by atoms with Gasteiger partial charge in [-0.05, 0) is 6.92 Å². The van der Waals surface area contributed by atoms with Gasteiger partial charge in [0.05, 0.1) is 18.4 Å². The van der Waals surface area contributed by atoms with E-state index in [1.54, 1.807) is 13.0 Å². The quantitative estimate of drug-likeness (QED) is 0.887. The van der Waals surface area contributed by atoms with Crippen molar-refractivity contribution >= 4 is 10.0 Å². The molecule has 2 aromatic rings. The molecule has 19 heavy (non-hydrogen) atoms. The third-order valence-corrected chi connectivity index (χ3v) is 4.40. The largest absolute Gasteiger partial charge is 0.361 e. The van der Waals surface area contributed by atoms with Crippen LogP contribution in [0.3, 0.4) is 0 Å². The van der Waals surface area contributed by atoms with Gasteiger partial charge in [0.1, 0.15) is 11.6 Å². The molecule has 0 saturated heterocycles. The Morgan fingerprint density at radius 2 is 2.21 bits per heavy atom. The Labute approximate surface area is 111 Å². The van der Waals surface area contributed by atoms with Gasteiger partial charge in [-0.1, -0.05) is 12.1 Å². The molecular formula is C11H16N4O3S. The SMILES string of the molecule is CCc1ncc(S(=O)(=O)N(C)Cc2cc(C)on2)[nH]1. The highest BCUT2D eigenvalue weighted by Crippen LogP contribution is 2.15. The maximum Gasteiger partial charge on any atom is 0.260 e. The highest BCUT2D eigenvalue weighted by Gasteiger charge is 2.24. The Morgan fingerprint density at radius 3 is 2.74 bits per heavy atom. The molecule has 2 aromatic heterocycles. The molecule has 0 aliphatic carbocycles. The molecule has 104 valence electrons. The van der Waals surface area contributed by atoms with Crippen molar-refractivity contribution in [3.63, 3.8) is 0 Å². The fourth-order valence-corrected chi connectivity index (χ4v) is 2.70. The van der Waals surface area contributed by atoms with Crippen LogP contribution in [0.4, 0.5) is 0 Å². The Kier molecular flexibility index (Phi) is 3.72. The lowest BCUT2D eigenvalue weighted by atomic mass is 10.4. The second-order valence-electron chi connectivity index (χ2n) is 4.24. The fraction of sp³-hybridized carbons (Fsp3) is 0.455. The molecule has 0 amide bonds. The minimum atomic E-state index is -3.58. The van der Waals surface area contributed by atoms with E-state index in [0.717, 1.165) is 0 Å². The van der Waals surface area contributed by atoms with Crippen molar-refractivity contribution in [3.05, 3.63) is 29.5 Å². The van der Waals surface area contributed by atoms with Crippen LogP contribution in [0.5, 0.6) is 0 Å². The number of nitrogens with one attached hydrogen (secondary N) is 1. The van der Waals surface area contributed by atoms with E-state index in [4.69, 9.17) is 4.52 Å². The van der Waals surface area contributed by atoms with Crippen LogP contribution >= 0.6 is 0 Å². The van der Waals surface area contributed by atoms with Gasteiger partial charge in [0, 0.05) is 19.5 Å². The van der Waals surface area contributed by atoms with Crippen LogP contribution in [0.2, 0.25) is 0 Å². The topological polar surface area (TPSA) is 92.1 Å². The van der Waals surface area contributed by atoms with Gasteiger partial charge in [-0.3, -0.25) is 0 Å². The predicted molar refractivity (Wildman–Crippen MR) is 67.9 cm³/mol. The number of aromatic nitrogens is 3. The van der Waals surface area contributed by atoms with E-state index in [1.165, 1.54) is 17.5 Å². The molecule has 0 saturated carbocycles. The number of hydrogen-bond donors (Lipinski definition) is 1. The molecule has 1 N–H and O–H groups in total. The smallest absolute Gasteiger partial charge is 0.260 e. The highest BCUT2D eigenvalue weighted by atomic mass is 32.2. The number of aromatic amines is 1. The minimum Gasteiger partial charge on any atom is -0.361 e. The van der Waals surface area contributed by atoms with Crippen molar-refractivity contribution in [2.24, 2.45) is 0 Å². The van der Waals surface area contributed by atoms with Crippen molar-refractivity contribution in [3.8, 4) is 0 Å². The first-order valence-electron chi connectivity index (χ1n) is 5.86. The Hall–Kier alpha value is -1.67. The summed E-state index contributed by atoms with van der Waals surface area (Å²) in [5.41, 5.74) is 0.568. The average Bonchev–Trinajstić information content (AvgIpc) is 2.98. The van der Waals surface area contributed by atoms with Crippen LogP contribution < -0.4 is 0 Å². The van der Waals surface area contributed by atoms with Crippen molar-refractivity contribution in [2.75, 3.05) is 7.05 Å². The van der Waals surface area contributed by atoms with E-state index in [-0.39, 0.29) is 11.6 Å². The number of rotatable bonds is 5. The van der Waals surface area contributed by atoms with E-state index < -0.39 is 10.0 Å². The summed E-state index contributed by atoms with van der Waals surface area (Å²) in [7, 11) is -2.09. The van der Waals surface area contributed by atoms with Gasteiger partial charge >= 0.3 is 0 Å². The molecule has 0 spiro atoms. The predicted octanol–water partition coefficient (Wildman–Crippen LogP) is 1.09. The first-order valence-corrected chi connectivity index (χ1v) is 7.30. The fourth-order valence-electron chi connectivity index (χ4n) is 1.63. The lowest BCUT2D eigenvalue weighted by Gasteiger charge is -2.13. The molecule has 7 nitrogen and oxygen atoms in total. The molecule has 2 heterocycles. The van der Waals surface area contributed by atoms with Crippen LogP contribution in [0.1, 0.15) is 24.2 Å². The van der Waals surface area contributed by atoms with Crippen molar-refractivity contribution in [1.29, 1.82) is 0 Å². The molecule has 0 radical (unpaired) electrons. The molecule has 0 fully saturated rings. The van der Waals surface area contributed by atoms with E-state index >= 15 is 0 Å². The molecule has 0 bridgehead atoms. The monoisotopic (exact) mass is 284 g/mol. The molecule has 0 atom stereocenters. The lowest BCUT2D eigenvalue weighted by Crippen LogP contribution is -2.27. The number of aryl methyl sites for hydroxylation is 2. The van der Waals surface area contributed by atoms with Crippen LogP contribution in [0.25, 0.3) is 0 Å². The van der Waals surface area contributed by atoms with Gasteiger partial charge in [-0.2, -0.15) is 4.31 Å². The molecule has 8 heteroatoms. The summed E-state index contributed by atoms with van der Waals surface area (Å²) >= 11 is 0. The number of H-pyrrole nitrogens is 1. The minimum absolute atomic E-state index is 0.0899. The zero-order chi connectivity index (χ0) is 14.0. The maximum atomic E-state index is 12.3. The van der Waals surface area contributed by atoms with Crippen LogP contribution in [0, 0.1) is 6.92 Å². The second kappa shape index (κ2) is 5.14. The Morgan fingerprint density at radius 1 is 1.47 bits per heavy atom. The van der Waals surface area contributed by atoms with Gasteiger partial charge in [-0.15, -0.1) is 0 Å². The molecule has 0 aliphatic rings. The standard InChI is InChI=1S/C11H16N4O3S/c1-4-10-12-6-11(13-10)19(16,17)15(3)7-9-5-8(2)18-14-9/h5-6H,4,7H2,1-3H3,(H,12,13). The number of imidazole rings is 1. The Bertz CT molecular complexity index is 659. The van der Waals surface area contributed by atoms with E-state index in [1.807, 2.05) is 6.92 Å². The molecule has 2 rings (SSSR count). The van der Waals surface area contributed by atoms with E-state index in [0.29, 0.717) is 23.7 Å². The third kappa shape index (κ3) is 2.85. The van der Waals surface area contributed by atoms with Crippen molar-refractivity contribution < 1.29 is 12.9 Å². The van der Waals surface area contributed by atoms with Crippen molar-refractivity contribution in [2.45, 2.75) is 31.8 Å². The second-order valence-corrected chi connectivity index (χ2v) is 6.25. The normalized spacial score (nSPS) is 12.2. The molecule has 0 aromatic carbocycles. The van der Waals surface area contributed by atoms with Gasteiger partial charge in [0.15, 0.2) is 5.03 Å². The zero-order valence-electron chi connectivity index (χ0n) is 11.0. The van der Waals surface area contributed by atoms with Crippen LogP contribution in [-0.4, -0.2) is 34.9 Å². The molecule has 0 aliphatic heterocycles. The first-order chi connectivity index (χ1) is 8.93. The van der Waals surface area contributed by atoms with Gasteiger partial charge in [-0.25, -0.2) is 13.4 Å². The van der Waals surface area contributed by atoms with Gasteiger partial charge in [0.2, 0.25) is 0 Å². The first kappa shape index (κ1) is 13.8. The maximum absolute atomic E-state index is 12.3. The van der Waals surface area contributed by atoms with E-state index in [2.05, 4.69) is 15.1 Å². The summed E-state index contributed by atoms with van der Waals surface area (Å²) < 4.78 is 30.7. The summed E-state index contributed by atoms with van der Waals surface area (Å²) in [5, 5.41) is 3.87. The number of hydrogen-bond acceptors (Lipinski definition) is 5.